The number of rotatable bonds is 4. The molecule has 1 aliphatic heterocycles. The maximum absolute atomic E-state index is 10.1. The molecule has 19 heavy (non-hydrogen) atoms. The highest BCUT2D eigenvalue weighted by Gasteiger charge is 2.23. The predicted molar refractivity (Wildman–Crippen MR) is 67.6 cm³/mol. The molecule has 0 saturated carbocycles. The van der Waals surface area contributed by atoms with Gasteiger partial charge in [0.2, 0.25) is 5.89 Å². The number of aliphatic hydroxyl groups excluding tert-OH is 1. The minimum atomic E-state index is -0.616. The van der Waals surface area contributed by atoms with Gasteiger partial charge in [-0.2, -0.15) is 4.98 Å². The van der Waals surface area contributed by atoms with Crippen LogP contribution >= 0.6 is 0 Å². The molecule has 0 spiro atoms. The van der Waals surface area contributed by atoms with E-state index in [0.29, 0.717) is 24.7 Å². The summed E-state index contributed by atoms with van der Waals surface area (Å²) in [5.74, 6) is 1.39. The van der Waals surface area contributed by atoms with Gasteiger partial charge >= 0.3 is 0 Å². The average molecular weight is 260 g/mol. The zero-order valence-corrected chi connectivity index (χ0v) is 10.5. The number of aromatic nitrogens is 2. The minimum Gasteiger partial charge on any atom is -0.388 e. The number of aliphatic hydroxyl groups is 1. The van der Waals surface area contributed by atoms with E-state index in [1.165, 1.54) is 0 Å². The van der Waals surface area contributed by atoms with Crippen LogP contribution in [0.5, 0.6) is 0 Å². The third-order valence-electron chi connectivity index (χ3n) is 3.33. The molecule has 0 amide bonds. The van der Waals surface area contributed by atoms with Crippen LogP contribution in [0.1, 0.15) is 35.7 Å². The van der Waals surface area contributed by atoms with E-state index < -0.39 is 6.10 Å². The molecule has 1 aromatic carbocycles. The predicted octanol–water partition coefficient (Wildman–Crippen LogP) is 1.85. The molecule has 1 fully saturated rings. The van der Waals surface area contributed by atoms with Crippen molar-refractivity contribution in [2.45, 2.75) is 24.9 Å². The quantitative estimate of drug-likeness (QED) is 0.908. The van der Waals surface area contributed by atoms with Crippen LogP contribution < -0.4 is 0 Å². The summed E-state index contributed by atoms with van der Waals surface area (Å²) in [7, 11) is 0. The van der Waals surface area contributed by atoms with E-state index in [9.17, 15) is 5.11 Å². The summed E-state index contributed by atoms with van der Waals surface area (Å²) in [6.45, 7) is 1.40. The third kappa shape index (κ3) is 2.83. The summed E-state index contributed by atoms with van der Waals surface area (Å²) in [6, 6.07) is 9.47. The molecule has 5 heteroatoms. The molecule has 0 bridgehead atoms. The van der Waals surface area contributed by atoms with Crippen LogP contribution in [-0.4, -0.2) is 28.5 Å². The normalized spacial score (nSPS) is 20.6. The monoisotopic (exact) mass is 260 g/mol. The Labute approximate surface area is 111 Å². The SMILES string of the molecule is O[C@@H](Cc1nc([C@H]2CCOC2)no1)c1ccccc1. The highest BCUT2D eigenvalue weighted by molar-refractivity contribution is 5.18. The van der Waals surface area contributed by atoms with Gasteiger partial charge in [0.05, 0.1) is 19.1 Å². The van der Waals surface area contributed by atoms with Crippen molar-refractivity contribution in [3.05, 3.63) is 47.6 Å². The Kier molecular flexibility index (Phi) is 3.57. The molecule has 0 aliphatic carbocycles. The molecule has 0 unspecified atom stereocenters. The Morgan fingerprint density at radius 1 is 1.32 bits per heavy atom. The second kappa shape index (κ2) is 5.50. The lowest BCUT2D eigenvalue weighted by atomic mass is 10.1. The van der Waals surface area contributed by atoms with Gasteiger partial charge in [0.15, 0.2) is 5.82 Å². The van der Waals surface area contributed by atoms with Crippen molar-refractivity contribution in [3.8, 4) is 0 Å². The fourth-order valence-electron chi connectivity index (χ4n) is 2.21. The Hall–Kier alpha value is -1.72. The first-order chi connectivity index (χ1) is 9.33. The van der Waals surface area contributed by atoms with Crippen molar-refractivity contribution < 1.29 is 14.4 Å². The minimum absolute atomic E-state index is 0.228. The first kappa shape index (κ1) is 12.3. The standard InChI is InChI=1S/C14H16N2O3/c17-12(10-4-2-1-3-5-10)8-13-15-14(16-19-13)11-6-7-18-9-11/h1-5,11-12,17H,6-9H2/t11-,12-/m0/s1. The van der Waals surface area contributed by atoms with Gasteiger partial charge in [-0.3, -0.25) is 0 Å². The summed E-state index contributed by atoms with van der Waals surface area (Å²) in [5.41, 5.74) is 0.853. The van der Waals surface area contributed by atoms with E-state index in [1.54, 1.807) is 0 Å². The first-order valence-electron chi connectivity index (χ1n) is 6.46. The van der Waals surface area contributed by atoms with Gasteiger partial charge in [-0.1, -0.05) is 35.5 Å². The molecule has 5 nitrogen and oxygen atoms in total. The van der Waals surface area contributed by atoms with Crippen molar-refractivity contribution in [2.24, 2.45) is 0 Å². The van der Waals surface area contributed by atoms with Crippen LogP contribution in [0.15, 0.2) is 34.9 Å². The van der Waals surface area contributed by atoms with Crippen LogP contribution in [0, 0.1) is 0 Å². The van der Waals surface area contributed by atoms with Gasteiger partial charge in [0.25, 0.3) is 0 Å². The fourth-order valence-corrected chi connectivity index (χ4v) is 2.21. The molecule has 100 valence electrons. The molecular formula is C14H16N2O3. The number of hydrogen-bond donors (Lipinski definition) is 1. The average Bonchev–Trinajstić information content (AvgIpc) is 3.10. The smallest absolute Gasteiger partial charge is 0.229 e. The molecule has 0 radical (unpaired) electrons. The molecule has 1 aromatic heterocycles. The molecule has 1 aliphatic rings. The Bertz CT molecular complexity index is 520. The molecule has 1 saturated heterocycles. The van der Waals surface area contributed by atoms with Gasteiger partial charge in [-0.25, -0.2) is 0 Å². The summed E-state index contributed by atoms with van der Waals surface area (Å²) in [6.07, 6.45) is 0.652. The Balaban J connectivity index is 1.66. The molecule has 2 atom stereocenters. The lowest BCUT2D eigenvalue weighted by Crippen LogP contribution is -2.03. The summed E-state index contributed by atoms with van der Waals surface area (Å²) >= 11 is 0. The molecule has 3 rings (SSSR count). The van der Waals surface area contributed by atoms with Crippen LogP contribution in [0.3, 0.4) is 0 Å². The van der Waals surface area contributed by atoms with Crippen LogP contribution in [0.25, 0.3) is 0 Å². The molecule has 2 aromatic rings. The van der Waals surface area contributed by atoms with E-state index in [-0.39, 0.29) is 5.92 Å². The maximum atomic E-state index is 10.1. The molecular weight excluding hydrogens is 244 g/mol. The van der Waals surface area contributed by atoms with Gasteiger partial charge in [-0.05, 0) is 12.0 Å². The van der Waals surface area contributed by atoms with Crippen LogP contribution in [0.4, 0.5) is 0 Å². The second-order valence-electron chi connectivity index (χ2n) is 4.74. The van der Waals surface area contributed by atoms with Gasteiger partial charge in [-0.15, -0.1) is 0 Å². The highest BCUT2D eigenvalue weighted by Crippen LogP contribution is 2.24. The maximum Gasteiger partial charge on any atom is 0.229 e. The molecule has 1 N–H and O–H groups in total. The Morgan fingerprint density at radius 2 is 2.16 bits per heavy atom. The number of ether oxygens (including phenoxy) is 1. The summed E-state index contributed by atoms with van der Waals surface area (Å²) in [5, 5.41) is 14.1. The lowest BCUT2D eigenvalue weighted by Gasteiger charge is -2.07. The van der Waals surface area contributed by atoms with Crippen molar-refractivity contribution in [1.82, 2.24) is 10.1 Å². The van der Waals surface area contributed by atoms with Crippen LogP contribution in [0.2, 0.25) is 0 Å². The van der Waals surface area contributed by atoms with Crippen molar-refractivity contribution >= 4 is 0 Å². The van der Waals surface area contributed by atoms with Crippen molar-refractivity contribution in [3.63, 3.8) is 0 Å². The highest BCUT2D eigenvalue weighted by atomic mass is 16.5. The largest absolute Gasteiger partial charge is 0.388 e. The van der Waals surface area contributed by atoms with Crippen molar-refractivity contribution in [2.75, 3.05) is 13.2 Å². The van der Waals surface area contributed by atoms with E-state index >= 15 is 0 Å². The second-order valence-corrected chi connectivity index (χ2v) is 4.74. The zero-order chi connectivity index (χ0) is 13.1. The summed E-state index contributed by atoms with van der Waals surface area (Å²) < 4.78 is 10.5. The first-order valence-corrected chi connectivity index (χ1v) is 6.46. The van der Waals surface area contributed by atoms with E-state index in [4.69, 9.17) is 9.26 Å². The van der Waals surface area contributed by atoms with E-state index in [1.807, 2.05) is 30.3 Å². The number of nitrogens with zero attached hydrogens (tertiary/aromatic N) is 2. The third-order valence-corrected chi connectivity index (χ3v) is 3.33. The van der Waals surface area contributed by atoms with Gasteiger partial charge in [0.1, 0.15) is 0 Å². The molecule has 2 heterocycles. The number of hydrogen-bond acceptors (Lipinski definition) is 5. The van der Waals surface area contributed by atoms with E-state index in [0.717, 1.165) is 18.6 Å². The zero-order valence-electron chi connectivity index (χ0n) is 10.5. The van der Waals surface area contributed by atoms with E-state index in [2.05, 4.69) is 10.1 Å². The van der Waals surface area contributed by atoms with Gasteiger partial charge in [0, 0.05) is 12.5 Å². The summed E-state index contributed by atoms with van der Waals surface area (Å²) in [4.78, 5) is 4.34. The Morgan fingerprint density at radius 3 is 2.89 bits per heavy atom. The topological polar surface area (TPSA) is 68.4 Å². The number of benzene rings is 1. The van der Waals surface area contributed by atoms with Crippen molar-refractivity contribution in [1.29, 1.82) is 0 Å². The lowest BCUT2D eigenvalue weighted by molar-refractivity contribution is 0.164. The fraction of sp³-hybridized carbons (Fsp3) is 0.429. The van der Waals surface area contributed by atoms with Gasteiger partial charge < -0.3 is 14.4 Å². The van der Waals surface area contributed by atoms with Crippen LogP contribution in [-0.2, 0) is 11.2 Å².